The summed E-state index contributed by atoms with van der Waals surface area (Å²) in [7, 11) is 0. The first-order valence-electron chi connectivity index (χ1n) is 3.94. The lowest BCUT2D eigenvalue weighted by atomic mass is 10.1. The molecule has 0 saturated heterocycles. The van der Waals surface area contributed by atoms with Crippen LogP contribution in [0, 0.1) is 0 Å². The van der Waals surface area contributed by atoms with Crippen molar-refractivity contribution in [1.82, 2.24) is 0 Å². The third-order valence-corrected chi connectivity index (χ3v) is 1.98. The minimum atomic E-state index is 0.190. The number of phenolic OH excluding ortho intramolecular Hbond substituents is 1. The second-order valence-corrected chi connectivity index (χ2v) is 3.02. The average molecular weight is 174 g/mol. The number of anilines is 2. The molecule has 0 aliphatic heterocycles. The second-order valence-electron chi connectivity index (χ2n) is 3.02. The first kappa shape index (κ1) is 7.73. The number of fused-ring (bicyclic) bond motifs is 1. The van der Waals surface area contributed by atoms with E-state index in [4.69, 9.17) is 11.5 Å². The molecule has 0 bridgehead atoms. The molecule has 0 saturated carbocycles. The molecular weight excluding hydrogens is 164 g/mol. The van der Waals surface area contributed by atoms with Crippen molar-refractivity contribution in [3.05, 3.63) is 30.3 Å². The fraction of sp³-hybridized carbons (Fsp3) is 0. The second kappa shape index (κ2) is 2.55. The summed E-state index contributed by atoms with van der Waals surface area (Å²) in [5, 5.41) is 11.1. The highest BCUT2D eigenvalue weighted by atomic mass is 16.3. The predicted molar refractivity (Wildman–Crippen MR) is 54.4 cm³/mol. The van der Waals surface area contributed by atoms with Gasteiger partial charge in [-0.1, -0.05) is 0 Å². The number of phenols is 1. The highest BCUT2D eigenvalue weighted by Crippen LogP contribution is 2.28. The highest BCUT2D eigenvalue weighted by molar-refractivity contribution is 5.92. The van der Waals surface area contributed by atoms with E-state index in [1.165, 1.54) is 6.07 Å². The van der Waals surface area contributed by atoms with Gasteiger partial charge in [-0.2, -0.15) is 0 Å². The zero-order valence-corrected chi connectivity index (χ0v) is 6.99. The Morgan fingerprint density at radius 3 is 2.38 bits per heavy atom. The molecule has 0 aromatic heterocycles. The van der Waals surface area contributed by atoms with E-state index in [1.807, 2.05) is 0 Å². The standard InChI is InChI=1S/C10H10N2O/c11-7-1-2-9-6(3-7)4-8(12)5-10(9)13/h1-5,13H,11-12H2. The minimum Gasteiger partial charge on any atom is -0.507 e. The van der Waals surface area contributed by atoms with Crippen LogP contribution in [0.3, 0.4) is 0 Å². The van der Waals surface area contributed by atoms with Crippen molar-refractivity contribution in [1.29, 1.82) is 0 Å². The molecule has 0 aliphatic rings. The van der Waals surface area contributed by atoms with E-state index in [0.717, 1.165) is 10.8 Å². The fourth-order valence-corrected chi connectivity index (χ4v) is 1.39. The van der Waals surface area contributed by atoms with Crippen LogP contribution in [0.4, 0.5) is 11.4 Å². The summed E-state index contributed by atoms with van der Waals surface area (Å²) in [5.74, 6) is 0.190. The van der Waals surface area contributed by atoms with Crippen LogP contribution in [0.25, 0.3) is 10.8 Å². The Kier molecular flexibility index (Phi) is 1.52. The molecule has 2 rings (SSSR count). The molecule has 5 N–H and O–H groups in total. The van der Waals surface area contributed by atoms with Crippen molar-refractivity contribution in [2.75, 3.05) is 11.5 Å². The van der Waals surface area contributed by atoms with Gasteiger partial charge in [-0.15, -0.1) is 0 Å². The maximum atomic E-state index is 9.52. The van der Waals surface area contributed by atoms with Gasteiger partial charge in [0.15, 0.2) is 0 Å². The van der Waals surface area contributed by atoms with Gasteiger partial charge in [0, 0.05) is 22.8 Å². The Hall–Kier alpha value is -1.90. The number of benzene rings is 2. The van der Waals surface area contributed by atoms with Gasteiger partial charge in [0.2, 0.25) is 0 Å². The molecule has 0 fully saturated rings. The Morgan fingerprint density at radius 1 is 0.923 bits per heavy atom. The number of nitrogen functional groups attached to an aromatic ring is 2. The van der Waals surface area contributed by atoms with Crippen LogP contribution in [0.5, 0.6) is 5.75 Å². The van der Waals surface area contributed by atoms with Gasteiger partial charge in [0.05, 0.1) is 0 Å². The fourth-order valence-electron chi connectivity index (χ4n) is 1.39. The van der Waals surface area contributed by atoms with Crippen molar-refractivity contribution in [2.45, 2.75) is 0 Å². The van der Waals surface area contributed by atoms with Gasteiger partial charge in [0.25, 0.3) is 0 Å². The van der Waals surface area contributed by atoms with Crippen LogP contribution in [0.15, 0.2) is 30.3 Å². The van der Waals surface area contributed by atoms with E-state index in [1.54, 1.807) is 24.3 Å². The maximum Gasteiger partial charge on any atom is 0.125 e. The normalized spacial score (nSPS) is 10.5. The van der Waals surface area contributed by atoms with Crippen LogP contribution < -0.4 is 11.5 Å². The molecule has 13 heavy (non-hydrogen) atoms. The summed E-state index contributed by atoms with van der Waals surface area (Å²) >= 11 is 0. The largest absolute Gasteiger partial charge is 0.507 e. The topological polar surface area (TPSA) is 72.3 Å². The van der Waals surface area contributed by atoms with E-state index in [-0.39, 0.29) is 5.75 Å². The highest BCUT2D eigenvalue weighted by Gasteiger charge is 2.00. The van der Waals surface area contributed by atoms with Gasteiger partial charge in [-0.3, -0.25) is 0 Å². The third kappa shape index (κ3) is 1.24. The number of rotatable bonds is 0. The van der Waals surface area contributed by atoms with Crippen molar-refractivity contribution in [3.8, 4) is 5.75 Å². The zero-order chi connectivity index (χ0) is 9.42. The SMILES string of the molecule is Nc1ccc2c(O)cc(N)cc2c1. The van der Waals surface area contributed by atoms with Crippen LogP contribution in [0.1, 0.15) is 0 Å². The lowest BCUT2D eigenvalue weighted by Crippen LogP contribution is -1.87. The van der Waals surface area contributed by atoms with Gasteiger partial charge in [-0.25, -0.2) is 0 Å². The van der Waals surface area contributed by atoms with Crippen LogP contribution in [-0.2, 0) is 0 Å². The summed E-state index contributed by atoms with van der Waals surface area (Å²) < 4.78 is 0. The first-order valence-corrected chi connectivity index (χ1v) is 3.94. The Labute approximate surface area is 75.6 Å². The Morgan fingerprint density at radius 2 is 1.62 bits per heavy atom. The van der Waals surface area contributed by atoms with E-state index in [0.29, 0.717) is 11.4 Å². The molecule has 2 aromatic rings. The molecule has 0 aliphatic carbocycles. The molecular formula is C10H10N2O. The molecule has 0 atom stereocenters. The lowest BCUT2D eigenvalue weighted by Gasteiger charge is -2.03. The summed E-state index contributed by atoms with van der Waals surface area (Å²) in [5.41, 5.74) is 12.4. The van der Waals surface area contributed by atoms with Crippen molar-refractivity contribution in [3.63, 3.8) is 0 Å². The molecule has 3 heteroatoms. The van der Waals surface area contributed by atoms with Crippen LogP contribution in [0.2, 0.25) is 0 Å². The smallest absolute Gasteiger partial charge is 0.125 e. The summed E-state index contributed by atoms with van der Waals surface area (Å²) in [6, 6.07) is 8.62. The number of nitrogens with two attached hydrogens (primary N) is 2. The molecule has 0 unspecified atom stereocenters. The van der Waals surface area contributed by atoms with Gasteiger partial charge in [0.1, 0.15) is 5.75 Å². The summed E-state index contributed by atoms with van der Waals surface area (Å²) in [6.07, 6.45) is 0. The van der Waals surface area contributed by atoms with E-state index in [2.05, 4.69) is 0 Å². The molecule has 0 heterocycles. The maximum absolute atomic E-state index is 9.52. The number of hydrogen-bond donors (Lipinski definition) is 3. The quantitative estimate of drug-likeness (QED) is 0.532. The third-order valence-electron chi connectivity index (χ3n) is 1.98. The van der Waals surface area contributed by atoms with Gasteiger partial charge in [-0.05, 0) is 29.7 Å². The molecule has 0 amide bonds. The molecule has 0 radical (unpaired) electrons. The monoisotopic (exact) mass is 174 g/mol. The lowest BCUT2D eigenvalue weighted by molar-refractivity contribution is 0.482. The van der Waals surface area contributed by atoms with E-state index < -0.39 is 0 Å². The number of hydrogen-bond acceptors (Lipinski definition) is 3. The van der Waals surface area contributed by atoms with Crippen molar-refractivity contribution >= 4 is 22.1 Å². The molecule has 66 valence electrons. The molecule has 0 spiro atoms. The van der Waals surface area contributed by atoms with Crippen molar-refractivity contribution in [2.24, 2.45) is 0 Å². The average Bonchev–Trinajstić information content (AvgIpc) is 2.02. The summed E-state index contributed by atoms with van der Waals surface area (Å²) in [6.45, 7) is 0. The zero-order valence-electron chi connectivity index (χ0n) is 6.99. The van der Waals surface area contributed by atoms with E-state index in [9.17, 15) is 5.11 Å². The number of aromatic hydroxyl groups is 1. The molecule has 2 aromatic carbocycles. The van der Waals surface area contributed by atoms with Gasteiger partial charge >= 0.3 is 0 Å². The first-order chi connectivity index (χ1) is 6.16. The Bertz CT molecular complexity index is 460. The summed E-state index contributed by atoms with van der Waals surface area (Å²) in [4.78, 5) is 0. The minimum absolute atomic E-state index is 0.190. The molecule has 3 nitrogen and oxygen atoms in total. The van der Waals surface area contributed by atoms with Crippen LogP contribution >= 0.6 is 0 Å². The predicted octanol–water partition coefficient (Wildman–Crippen LogP) is 1.71. The van der Waals surface area contributed by atoms with Crippen molar-refractivity contribution < 1.29 is 5.11 Å². The van der Waals surface area contributed by atoms with E-state index >= 15 is 0 Å². The van der Waals surface area contributed by atoms with Crippen LogP contribution in [-0.4, -0.2) is 5.11 Å². The Balaban J connectivity index is 2.86. The van der Waals surface area contributed by atoms with Gasteiger partial charge < -0.3 is 16.6 Å².